The second-order valence-electron chi connectivity index (χ2n) is 6.59. The zero-order chi connectivity index (χ0) is 17.6. The van der Waals surface area contributed by atoms with Gasteiger partial charge >= 0.3 is 0 Å². The number of nitrogens with zero attached hydrogens (tertiary/aromatic N) is 6. The highest BCUT2D eigenvalue weighted by Gasteiger charge is 2.39. The van der Waals surface area contributed by atoms with Crippen molar-refractivity contribution in [1.29, 1.82) is 0 Å². The molecule has 0 radical (unpaired) electrons. The number of rotatable bonds is 6. The second kappa shape index (κ2) is 5.92. The predicted molar refractivity (Wildman–Crippen MR) is 86.1 cm³/mol. The van der Waals surface area contributed by atoms with E-state index in [0.717, 1.165) is 12.8 Å². The van der Waals surface area contributed by atoms with Crippen molar-refractivity contribution in [3.8, 4) is 0 Å². The van der Waals surface area contributed by atoms with Crippen LogP contribution in [0.25, 0.3) is 0 Å². The Morgan fingerprint density at radius 3 is 2.72 bits per heavy atom. The number of imidazole rings is 1. The summed E-state index contributed by atoms with van der Waals surface area (Å²) in [5, 5.41) is 10.7. The first kappa shape index (κ1) is 16.2. The topological polar surface area (TPSA) is 115 Å². The minimum Gasteiger partial charge on any atom is -0.350 e. The molecule has 0 atom stereocenters. The Labute approximate surface area is 144 Å². The molecular formula is C14H19N7O3S. The molecular weight excluding hydrogens is 346 g/mol. The van der Waals surface area contributed by atoms with E-state index in [1.54, 1.807) is 22.5 Å². The molecule has 0 unspecified atom stereocenters. The highest BCUT2D eigenvalue weighted by atomic mass is 32.2. The van der Waals surface area contributed by atoms with Crippen LogP contribution >= 0.6 is 0 Å². The van der Waals surface area contributed by atoms with Crippen LogP contribution in [0.4, 0.5) is 0 Å². The van der Waals surface area contributed by atoms with Crippen LogP contribution in [-0.4, -0.2) is 62.8 Å². The third-order valence-corrected chi connectivity index (χ3v) is 6.20. The van der Waals surface area contributed by atoms with Gasteiger partial charge in [0.25, 0.3) is 15.9 Å². The summed E-state index contributed by atoms with van der Waals surface area (Å²) in [6.45, 7) is 1.24. The zero-order valence-electron chi connectivity index (χ0n) is 13.7. The highest BCUT2D eigenvalue weighted by molar-refractivity contribution is 7.89. The van der Waals surface area contributed by atoms with E-state index in [1.807, 2.05) is 0 Å². The normalized spacial score (nSPS) is 18.9. The molecule has 25 heavy (non-hydrogen) atoms. The van der Waals surface area contributed by atoms with Gasteiger partial charge in [-0.25, -0.2) is 18.1 Å². The Morgan fingerprint density at radius 2 is 2.08 bits per heavy atom. The summed E-state index contributed by atoms with van der Waals surface area (Å²) < 4.78 is 29.3. The number of amides is 1. The summed E-state index contributed by atoms with van der Waals surface area (Å²) in [6, 6.07) is -0.129. The number of nitrogens with one attached hydrogen (secondary N) is 1. The SMILES string of the molecule is Cn1cnc(S(=O)(=O)N2CC(n3cc(C(=O)NCC4CC4)nn3)C2)c1. The highest BCUT2D eigenvalue weighted by Crippen LogP contribution is 2.28. The van der Waals surface area contributed by atoms with Gasteiger partial charge in [0.05, 0.1) is 18.6 Å². The van der Waals surface area contributed by atoms with E-state index < -0.39 is 10.0 Å². The van der Waals surface area contributed by atoms with Crippen molar-refractivity contribution in [2.75, 3.05) is 19.6 Å². The summed E-state index contributed by atoms with van der Waals surface area (Å²) in [5.74, 6) is 0.353. The van der Waals surface area contributed by atoms with Gasteiger partial charge in [0, 0.05) is 32.9 Å². The second-order valence-corrected chi connectivity index (χ2v) is 8.48. The molecule has 0 aromatic carbocycles. The third-order valence-electron chi connectivity index (χ3n) is 4.48. The first-order chi connectivity index (χ1) is 11.9. The molecule has 4 rings (SSSR count). The summed E-state index contributed by atoms with van der Waals surface area (Å²) in [7, 11) is -1.86. The van der Waals surface area contributed by atoms with Gasteiger partial charge in [-0.1, -0.05) is 5.21 Å². The van der Waals surface area contributed by atoms with Crippen molar-refractivity contribution in [1.82, 2.24) is 34.2 Å². The number of carbonyl (C=O) groups is 1. The lowest BCUT2D eigenvalue weighted by Crippen LogP contribution is -2.50. The minimum absolute atomic E-state index is 0.0344. The van der Waals surface area contributed by atoms with E-state index in [0.29, 0.717) is 12.5 Å². The first-order valence-corrected chi connectivity index (χ1v) is 9.55. The van der Waals surface area contributed by atoms with Crippen molar-refractivity contribution < 1.29 is 13.2 Å². The molecule has 1 N–H and O–H groups in total. The van der Waals surface area contributed by atoms with Gasteiger partial charge < -0.3 is 9.88 Å². The fraction of sp³-hybridized carbons (Fsp3) is 0.571. The van der Waals surface area contributed by atoms with Gasteiger partial charge in [-0.2, -0.15) is 4.31 Å². The molecule has 2 aliphatic rings. The molecule has 2 fully saturated rings. The summed E-state index contributed by atoms with van der Waals surface area (Å²) in [4.78, 5) is 15.9. The first-order valence-electron chi connectivity index (χ1n) is 8.11. The molecule has 134 valence electrons. The number of sulfonamides is 1. The summed E-state index contributed by atoms with van der Waals surface area (Å²) in [6.07, 6.45) is 6.82. The summed E-state index contributed by atoms with van der Waals surface area (Å²) in [5.41, 5.74) is 0.256. The van der Waals surface area contributed by atoms with Gasteiger partial charge in [-0.05, 0) is 18.8 Å². The van der Waals surface area contributed by atoms with E-state index >= 15 is 0 Å². The Hall–Kier alpha value is -2.27. The average molecular weight is 365 g/mol. The molecule has 1 amide bonds. The number of aryl methyl sites for hydroxylation is 1. The average Bonchev–Trinajstić information content (AvgIpc) is 3.03. The van der Waals surface area contributed by atoms with Gasteiger partial charge in [0.15, 0.2) is 10.7 Å². The lowest BCUT2D eigenvalue weighted by Gasteiger charge is -2.36. The van der Waals surface area contributed by atoms with Crippen LogP contribution in [0, 0.1) is 5.92 Å². The predicted octanol–water partition coefficient (Wildman–Crippen LogP) is -0.603. The molecule has 3 heterocycles. The number of hydrogen-bond donors (Lipinski definition) is 1. The largest absolute Gasteiger partial charge is 0.350 e. The molecule has 2 aromatic rings. The maximum atomic E-state index is 12.4. The monoisotopic (exact) mass is 365 g/mol. The molecule has 0 bridgehead atoms. The molecule has 1 saturated heterocycles. The molecule has 1 aliphatic heterocycles. The fourth-order valence-corrected chi connectivity index (χ4v) is 4.12. The maximum Gasteiger partial charge on any atom is 0.273 e. The Balaban J connectivity index is 1.36. The summed E-state index contributed by atoms with van der Waals surface area (Å²) >= 11 is 0. The van der Waals surface area contributed by atoms with Crippen molar-refractivity contribution in [2.24, 2.45) is 13.0 Å². The van der Waals surface area contributed by atoms with Gasteiger partial charge in [0.1, 0.15) is 0 Å². The molecule has 1 saturated carbocycles. The molecule has 1 aliphatic carbocycles. The quantitative estimate of drug-likeness (QED) is 0.731. The van der Waals surface area contributed by atoms with Gasteiger partial charge in [-0.15, -0.1) is 5.10 Å². The Kier molecular flexibility index (Phi) is 3.84. The van der Waals surface area contributed by atoms with E-state index in [4.69, 9.17) is 0 Å². The van der Waals surface area contributed by atoms with Crippen LogP contribution in [-0.2, 0) is 17.1 Å². The number of hydrogen-bond acceptors (Lipinski definition) is 6. The van der Waals surface area contributed by atoms with Gasteiger partial charge in [0.2, 0.25) is 0 Å². The molecule has 11 heteroatoms. The van der Waals surface area contributed by atoms with E-state index in [9.17, 15) is 13.2 Å². The lowest BCUT2D eigenvalue weighted by atomic mass is 10.2. The van der Waals surface area contributed by atoms with Crippen molar-refractivity contribution >= 4 is 15.9 Å². The van der Waals surface area contributed by atoms with Gasteiger partial charge in [-0.3, -0.25) is 4.79 Å². The Bertz CT molecular complexity index is 893. The number of aromatic nitrogens is 5. The molecule has 2 aromatic heterocycles. The smallest absolute Gasteiger partial charge is 0.273 e. The van der Waals surface area contributed by atoms with Crippen LogP contribution < -0.4 is 5.32 Å². The van der Waals surface area contributed by atoms with E-state index in [-0.39, 0.29) is 35.8 Å². The van der Waals surface area contributed by atoms with Crippen molar-refractivity contribution in [3.63, 3.8) is 0 Å². The zero-order valence-corrected chi connectivity index (χ0v) is 14.6. The van der Waals surface area contributed by atoms with Crippen molar-refractivity contribution in [2.45, 2.75) is 23.9 Å². The van der Waals surface area contributed by atoms with Crippen LogP contribution in [0.2, 0.25) is 0 Å². The van der Waals surface area contributed by atoms with E-state index in [1.165, 1.54) is 16.8 Å². The van der Waals surface area contributed by atoms with Crippen molar-refractivity contribution in [3.05, 3.63) is 24.4 Å². The molecule has 0 spiro atoms. The van der Waals surface area contributed by atoms with Crippen LogP contribution in [0.5, 0.6) is 0 Å². The fourth-order valence-electron chi connectivity index (χ4n) is 2.64. The lowest BCUT2D eigenvalue weighted by molar-refractivity contribution is 0.0946. The Morgan fingerprint density at radius 1 is 1.32 bits per heavy atom. The van der Waals surface area contributed by atoms with Crippen LogP contribution in [0.3, 0.4) is 0 Å². The third kappa shape index (κ3) is 3.16. The minimum atomic E-state index is -3.58. The standard InChI is InChI=1S/C14H19N7O3S/c1-19-8-13(16-9-19)25(23,24)20-5-11(6-20)21-7-12(17-18-21)14(22)15-4-10-2-3-10/h7-11H,2-6H2,1H3,(H,15,22). The van der Waals surface area contributed by atoms with Crippen LogP contribution in [0.15, 0.2) is 23.7 Å². The maximum absolute atomic E-state index is 12.4. The van der Waals surface area contributed by atoms with Crippen LogP contribution in [0.1, 0.15) is 29.4 Å². The van der Waals surface area contributed by atoms with E-state index in [2.05, 4.69) is 20.6 Å². The molecule has 10 nitrogen and oxygen atoms in total. The number of carbonyl (C=O) groups excluding carboxylic acids is 1.